The lowest BCUT2D eigenvalue weighted by molar-refractivity contribution is -0.0513. The zero-order chi connectivity index (χ0) is 20.1. The molecule has 146 valence electrons. The number of rotatable bonds is 7. The van der Waals surface area contributed by atoms with Gasteiger partial charge in [-0.3, -0.25) is 9.69 Å². The maximum atomic E-state index is 12.7. The van der Waals surface area contributed by atoms with E-state index in [1.54, 1.807) is 30.3 Å². The van der Waals surface area contributed by atoms with E-state index in [0.29, 0.717) is 24.4 Å². The molecule has 0 radical (unpaired) electrons. The summed E-state index contributed by atoms with van der Waals surface area (Å²) in [5, 5.41) is 0. The first-order valence-corrected chi connectivity index (χ1v) is 8.38. The minimum Gasteiger partial charge on any atom is -0.493 e. The summed E-state index contributed by atoms with van der Waals surface area (Å²) in [6.45, 7) is -2.33. The van der Waals surface area contributed by atoms with Gasteiger partial charge in [-0.05, 0) is 30.4 Å². The maximum absolute atomic E-state index is 12.7. The largest absolute Gasteiger partial charge is 0.493 e. The van der Waals surface area contributed by atoms with Crippen molar-refractivity contribution in [2.45, 2.75) is 6.61 Å². The Kier molecular flexibility index (Phi) is 5.88. The first-order chi connectivity index (χ1) is 13.5. The van der Waals surface area contributed by atoms with Crippen LogP contribution in [0.3, 0.4) is 0 Å². The number of hydrogen-bond donors (Lipinski definition) is 0. The van der Waals surface area contributed by atoms with Crippen molar-refractivity contribution < 1.29 is 32.6 Å². The number of para-hydroxylation sites is 1. The zero-order valence-electron chi connectivity index (χ0n) is 14.9. The molecule has 0 saturated carbocycles. The number of allylic oxidation sites excluding steroid dienone is 1. The molecule has 6 nitrogen and oxygen atoms in total. The van der Waals surface area contributed by atoms with E-state index in [9.17, 15) is 18.4 Å². The van der Waals surface area contributed by atoms with Gasteiger partial charge in [0.15, 0.2) is 17.3 Å². The van der Waals surface area contributed by atoms with E-state index in [-0.39, 0.29) is 22.8 Å². The molecule has 3 rings (SSSR count). The molecule has 1 saturated heterocycles. The molecule has 2 aromatic carbocycles. The van der Waals surface area contributed by atoms with Crippen molar-refractivity contribution in [2.24, 2.45) is 0 Å². The average molecular weight is 389 g/mol. The number of carbonyl (C=O) groups is 2. The van der Waals surface area contributed by atoms with Gasteiger partial charge in [0.2, 0.25) is 0 Å². The summed E-state index contributed by atoms with van der Waals surface area (Å²) in [5.41, 5.74) is 1.16. The number of methoxy groups -OCH3 is 1. The average Bonchev–Trinajstić information content (AvgIpc) is 3.12. The molecule has 0 aliphatic carbocycles. The van der Waals surface area contributed by atoms with Gasteiger partial charge in [-0.25, -0.2) is 4.79 Å². The fourth-order valence-electron chi connectivity index (χ4n) is 2.76. The number of carbonyl (C=O) groups excluding carboxylic acids is 2. The number of alkyl halides is 2. The Morgan fingerprint density at radius 1 is 1.25 bits per heavy atom. The van der Waals surface area contributed by atoms with Gasteiger partial charge in [-0.15, -0.1) is 0 Å². The predicted molar refractivity (Wildman–Crippen MR) is 98.1 cm³/mol. The molecular formula is C20H17F2NO5. The molecule has 1 amide bonds. The first kappa shape index (κ1) is 19.3. The lowest BCUT2D eigenvalue weighted by Gasteiger charge is -2.13. The van der Waals surface area contributed by atoms with E-state index < -0.39 is 12.7 Å². The summed E-state index contributed by atoms with van der Waals surface area (Å²) in [6, 6.07) is 11.1. The fourth-order valence-corrected chi connectivity index (χ4v) is 2.76. The Morgan fingerprint density at radius 3 is 2.71 bits per heavy atom. The third-order valence-electron chi connectivity index (χ3n) is 4.05. The first-order valence-electron chi connectivity index (χ1n) is 8.38. The van der Waals surface area contributed by atoms with Crippen molar-refractivity contribution in [1.82, 2.24) is 0 Å². The topological polar surface area (TPSA) is 65.1 Å². The number of nitrogens with zero attached hydrogens (tertiary/aromatic N) is 1. The van der Waals surface area contributed by atoms with Gasteiger partial charge in [0, 0.05) is 16.8 Å². The van der Waals surface area contributed by atoms with Crippen LogP contribution < -0.4 is 14.4 Å². The van der Waals surface area contributed by atoms with E-state index in [1.807, 2.05) is 0 Å². The Bertz CT molecular complexity index is 913. The van der Waals surface area contributed by atoms with Crippen LogP contribution >= 0.6 is 0 Å². The second kappa shape index (κ2) is 8.51. The van der Waals surface area contributed by atoms with Crippen molar-refractivity contribution in [3.05, 3.63) is 59.7 Å². The lowest BCUT2D eigenvalue weighted by Crippen LogP contribution is -2.23. The molecule has 0 aromatic heterocycles. The Labute approximate surface area is 159 Å². The molecule has 0 bridgehead atoms. The minimum atomic E-state index is -3.03. The van der Waals surface area contributed by atoms with Crippen molar-refractivity contribution >= 4 is 23.6 Å². The maximum Gasteiger partial charge on any atom is 0.414 e. The van der Waals surface area contributed by atoms with Crippen LogP contribution in [0.5, 0.6) is 11.5 Å². The molecule has 0 spiro atoms. The summed E-state index contributed by atoms with van der Waals surface area (Å²) >= 11 is 0. The second-order valence-electron chi connectivity index (χ2n) is 5.77. The van der Waals surface area contributed by atoms with Crippen LogP contribution in [0, 0.1) is 0 Å². The third-order valence-corrected chi connectivity index (χ3v) is 4.05. The predicted octanol–water partition coefficient (Wildman–Crippen LogP) is 4.15. The van der Waals surface area contributed by atoms with Crippen LogP contribution in [0.4, 0.5) is 19.3 Å². The normalized spacial score (nSPS) is 13.9. The van der Waals surface area contributed by atoms with Gasteiger partial charge < -0.3 is 14.2 Å². The zero-order valence-corrected chi connectivity index (χ0v) is 14.9. The van der Waals surface area contributed by atoms with E-state index in [1.165, 1.54) is 36.3 Å². The lowest BCUT2D eigenvalue weighted by atomic mass is 10.1. The summed E-state index contributed by atoms with van der Waals surface area (Å²) in [7, 11) is 1.33. The van der Waals surface area contributed by atoms with E-state index in [2.05, 4.69) is 4.74 Å². The number of amides is 1. The molecule has 1 heterocycles. The monoisotopic (exact) mass is 389 g/mol. The standard InChI is InChI=1S/C20H17F2NO5/c1-26-17-7-3-4-13(18(17)28-19(21)22)8-9-16(24)14-5-2-6-15(12-14)23-10-11-27-20(23)25/h2-9,12,19H,10-11H2,1H3/b9-8+. The molecule has 8 heteroatoms. The highest BCUT2D eigenvalue weighted by molar-refractivity contribution is 6.08. The summed E-state index contributed by atoms with van der Waals surface area (Å²) in [4.78, 5) is 25.6. The summed E-state index contributed by atoms with van der Waals surface area (Å²) in [5.74, 6) is -0.387. The van der Waals surface area contributed by atoms with Crippen LogP contribution in [0.1, 0.15) is 15.9 Å². The molecule has 0 unspecified atom stereocenters. The van der Waals surface area contributed by atoms with E-state index in [0.717, 1.165) is 0 Å². The smallest absolute Gasteiger partial charge is 0.414 e. The second-order valence-corrected chi connectivity index (χ2v) is 5.77. The van der Waals surface area contributed by atoms with Crippen LogP contribution in [0.25, 0.3) is 6.08 Å². The van der Waals surface area contributed by atoms with Gasteiger partial charge in [0.05, 0.1) is 13.7 Å². The number of ketones is 1. The number of halogens is 2. The highest BCUT2D eigenvalue weighted by Crippen LogP contribution is 2.33. The van der Waals surface area contributed by atoms with Crippen molar-refractivity contribution in [3.8, 4) is 11.5 Å². The summed E-state index contributed by atoms with van der Waals surface area (Å²) in [6.07, 6.45) is 2.15. The van der Waals surface area contributed by atoms with Gasteiger partial charge in [-0.1, -0.05) is 24.3 Å². The van der Waals surface area contributed by atoms with E-state index in [4.69, 9.17) is 9.47 Å². The Balaban J connectivity index is 1.84. The van der Waals surface area contributed by atoms with Crippen LogP contribution in [0.15, 0.2) is 48.5 Å². The van der Waals surface area contributed by atoms with Crippen LogP contribution in [0.2, 0.25) is 0 Å². The highest BCUT2D eigenvalue weighted by Gasteiger charge is 2.24. The SMILES string of the molecule is COc1cccc(/C=C/C(=O)c2cccc(N3CCOC3=O)c2)c1OC(F)F. The molecule has 28 heavy (non-hydrogen) atoms. The van der Waals surface area contributed by atoms with Crippen molar-refractivity contribution in [1.29, 1.82) is 0 Å². The molecule has 1 aliphatic heterocycles. The molecule has 0 atom stereocenters. The number of ether oxygens (including phenoxy) is 3. The molecule has 0 N–H and O–H groups in total. The van der Waals surface area contributed by atoms with E-state index >= 15 is 0 Å². The van der Waals surface area contributed by atoms with Crippen molar-refractivity contribution in [2.75, 3.05) is 25.2 Å². The molecule has 1 fully saturated rings. The van der Waals surface area contributed by atoms with Gasteiger partial charge in [0.25, 0.3) is 0 Å². The highest BCUT2D eigenvalue weighted by atomic mass is 19.3. The fraction of sp³-hybridized carbons (Fsp3) is 0.200. The van der Waals surface area contributed by atoms with Crippen LogP contribution in [-0.2, 0) is 4.74 Å². The number of benzene rings is 2. The molecule has 2 aromatic rings. The van der Waals surface area contributed by atoms with Gasteiger partial charge in [0.1, 0.15) is 6.61 Å². The van der Waals surface area contributed by atoms with Crippen molar-refractivity contribution in [3.63, 3.8) is 0 Å². The molecule has 1 aliphatic rings. The quantitative estimate of drug-likeness (QED) is 0.526. The Morgan fingerprint density at radius 2 is 2.04 bits per heavy atom. The van der Waals surface area contributed by atoms with Crippen LogP contribution in [-0.4, -0.2) is 38.7 Å². The number of hydrogen-bond acceptors (Lipinski definition) is 5. The number of cyclic esters (lactones) is 1. The molecular weight excluding hydrogens is 372 g/mol. The number of anilines is 1. The Hall–Kier alpha value is -3.42. The van der Waals surface area contributed by atoms with Gasteiger partial charge >= 0.3 is 12.7 Å². The minimum absolute atomic E-state index is 0.129. The summed E-state index contributed by atoms with van der Waals surface area (Å²) < 4.78 is 39.8. The third kappa shape index (κ3) is 4.28. The van der Waals surface area contributed by atoms with Gasteiger partial charge in [-0.2, -0.15) is 8.78 Å².